The molecule has 23 heavy (non-hydrogen) atoms. The Morgan fingerprint density at radius 2 is 2.04 bits per heavy atom. The van der Waals surface area contributed by atoms with Crippen molar-refractivity contribution in [1.29, 1.82) is 0 Å². The monoisotopic (exact) mass is 324 g/mol. The van der Waals surface area contributed by atoms with Crippen molar-refractivity contribution in [1.82, 2.24) is 15.1 Å². The molecule has 3 N–H and O–H groups in total. The number of carbonyl (C=O) groups is 2. The lowest BCUT2D eigenvalue weighted by molar-refractivity contribution is -0.136. The summed E-state index contributed by atoms with van der Waals surface area (Å²) in [6.45, 7) is 10.4. The summed E-state index contributed by atoms with van der Waals surface area (Å²) < 4.78 is 0. The molecule has 132 valence electrons. The van der Waals surface area contributed by atoms with E-state index in [9.17, 15) is 9.59 Å². The quantitative estimate of drug-likeness (QED) is 0.817. The predicted octanol–water partition coefficient (Wildman–Crippen LogP) is 1.26. The van der Waals surface area contributed by atoms with E-state index in [1.54, 1.807) is 4.90 Å². The van der Waals surface area contributed by atoms with E-state index in [1.807, 2.05) is 4.90 Å². The fourth-order valence-corrected chi connectivity index (χ4v) is 3.40. The topological polar surface area (TPSA) is 78.7 Å². The molecule has 2 heterocycles. The van der Waals surface area contributed by atoms with E-state index in [4.69, 9.17) is 5.73 Å². The molecule has 0 bridgehead atoms. The summed E-state index contributed by atoms with van der Waals surface area (Å²) in [7, 11) is 0. The second kappa shape index (κ2) is 7.51. The van der Waals surface area contributed by atoms with Gasteiger partial charge >= 0.3 is 6.03 Å². The van der Waals surface area contributed by atoms with Gasteiger partial charge in [-0.25, -0.2) is 4.79 Å². The first-order chi connectivity index (χ1) is 10.8. The fraction of sp³-hybridized carbons (Fsp3) is 0.882. The molecule has 2 fully saturated rings. The summed E-state index contributed by atoms with van der Waals surface area (Å²) in [5.41, 5.74) is 5.88. The van der Waals surface area contributed by atoms with E-state index in [0.29, 0.717) is 25.6 Å². The predicted molar refractivity (Wildman–Crippen MR) is 90.9 cm³/mol. The minimum Gasteiger partial charge on any atom is -0.342 e. The van der Waals surface area contributed by atoms with E-state index < -0.39 is 0 Å². The molecule has 0 spiro atoms. The number of rotatable bonds is 4. The molecule has 0 aromatic rings. The van der Waals surface area contributed by atoms with Gasteiger partial charge in [-0.15, -0.1) is 0 Å². The number of urea groups is 1. The van der Waals surface area contributed by atoms with Crippen molar-refractivity contribution in [2.45, 2.75) is 40.0 Å². The van der Waals surface area contributed by atoms with Crippen LogP contribution in [0.2, 0.25) is 0 Å². The lowest BCUT2D eigenvalue weighted by Crippen LogP contribution is -2.50. The van der Waals surface area contributed by atoms with E-state index in [1.165, 1.54) is 0 Å². The maximum atomic E-state index is 12.8. The number of amides is 3. The maximum absolute atomic E-state index is 12.8. The molecule has 6 nitrogen and oxygen atoms in total. The second-order valence-corrected chi connectivity index (χ2v) is 7.89. The number of nitrogens with zero attached hydrogens (tertiary/aromatic N) is 2. The molecule has 0 saturated carbocycles. The van der Waals surface area contributed by atoms with Crippen LogP contribution in [0.25, 0.3) is 0 Å². The molecule has 2 aliphatic rings. The van der Waals surface area contributed by atoms with Crippen molar-refractivity contribution in [2.75, 3.05) is 39.3 Å². The van der Waals surface area contributed by atoms with Crippen molar-refractivity contribution in [3.63, 3.8) is 0 Å². The van der Waals surface area contributed by atoms with Crippen LogP contribution in [0.5, 0.6) is 0 Å². The lowest BCUT2D eigenvalue weighted by Gasteiger charge is -2.34. The van der Waals surface area contributed by atoms with Gasteiger partial charge in [0, 0.05) is 32.7 Å². The summed E-state index contributed by atoms with van der Waals surface area (Å²) in [5.74, 6) is 0.567. The summed E-state index contributed by atoms with van der Waals surface area (Å²) in [6.07, 6.45) is 2.75. The molecule has 2 unspecified atom stereocenters. The lowest BCUT2D eigenvalue weighted by atomic mass is 9.90. The number of piperidine rings is 1. The van der Waals surface area contributed by atoms with Gasteiger partial charge in [0.05, 0.1) is 5.92 Å². The molecule has 0 aliphatic carbocycles. The Morgan fingerprint density at radius 1 is 1.30 bits per heavy atom. The molecule has 3 amide bonds. The third-order valence-corrected chi connectivity index (χ3v) is 5.08. The zero-order valence-corrected chi connectivity index (χ0v) is 14.8. The third-order valence-electron chi connectivity index (χ3n) is 5.08. The number of hydrogen-bond acceptors (Lipinski definition) is 3. The van der Waals surface area contributed by atoms with Crippen molar-refractivity contribution >= 4 is 11.9 Å². The molecule has 2 aliphatic heterocycles. The smallest absolute Gasteiger partial charge is 0.317 e. The van der Waals surface area contributed by atoms with Gasteiger partial charge < -0.3 is 20.9 Å². The minimum atomic E-state index is -0.0614. The Balaban J connectivity index is 1.88. The summed E-state index contributed by atoms with van der Waals surface area (Å²) >= 11 is 0. The van der Waals surface area contributed by atoms with E-state index in [2.05, 4.69) is 26.1 Å². The van der Waals surface area contributed by atoms with E-state index >= 15 is 0 Å². The average Bonchev–Trinajstić information content (AvgIpc) is 2.95. The number of nitrogens with two attached hydrogens (primary N) is 1. The number of nitrogens with one attached hydrogen (secondary N) is 1. The molecule has 0 aromatic carbocycles. The Morgan fingerprint density at radius 3 is 2.65 bits per heavy atom. The van der Waals surface area contributed by atoms with Crippen molar-refractivity contribution < 1.29 is 9.59 Å². The fourth-order valence-electron chi connectivity index (χ4n) is 3.40. The highest BCUT2D eigenvalue weighted by Crippen LogP contribution is 2.30. The second-order valence-electron chi connectivity index (χ2n) is 7.89. The van der Waals surface area contributed by atoms with Gasteiger partial charge in [0.2, 0.25) is 5.91 Å². The van der Waals surface area contributed by atoms with Crippen LogP contribution >= 0.6 is 0 Å². The summed E-state index contributed by atoms with van der Waals surface area (Å²) in [5, 5.41) is 2.95. The van der Waals surface area contributed by atoms with Crippen LogP contribution < -0.4 is 11.1 Å². The molecule has 2 atom stereocenters. The summed E-state index contributed by atoms with van der Waals surface area (Å²) in [6, 6.07) is -0.0376. The van der Waals surface area contributed by atoms with Gasteiger partial charge in [0.1, 0.15) is 0 Å². The van der Waals surface area contributed by atoms with Gasteiger partial charge in [-0.05, 0) is 37.1 Å². The Labute approximate surface area is 139 Å². The largest absolute Gasteiger partial charge is 0.342 e. The van der Waals surface area contributed by atoms with Crippen LogP contribution in [0.3, 0.4) is 0 Å². The van der Waals surface area contributed by atoms with Crippen LogP contribution in [0, 0.1) is 17.3 Å². The Bertz CT molecular complexity index is 440. The first-order valence-electron chi connectivity index (χ1n) is 8.86. The first kappa shape index (κ1) is 18.0. The van der Waals surface area contributed by atoms with E-state index in [-0.39, 0.29) is 23.3 Å². The van der Waals surface area contributed by atoms with Crippen molar-refractivity contribution in [3.05, 3.63) is 0 Å². The zero-order chi connectivity index (χ0) is 17.0. The van der Waals surface area contributed by atoms with Gasteiger partial charge in [-0.1, -0.05) is 20.8 Å². The van der Waals surface area contributed by atoms with Crippen LogP contribution in [-0.2, 0) is 4.79 Å². The third kappa shape index (κ3) is 4.59. The first-order valence-corrected chi connectivity index (χ1v) is 8.86. The molecular formula is C17H32N4O2. The highest BCUT2D eigenvalue weighted by atomic mass is 16.2. The standard InChI is InChI=1S/C17H32N4O2/c1-13(2)9-19-16(23)20-7-4-5-14(10-20)15(22)21-8-6-17(3,11-18)12-21/h13-14H,4-12,18H2,1-3H3,(H,19,23). The van der Waals surface area contributed by atoms with Crippen molar-refractivity contribution in [2.24, 2.45) is 23.0 Å². The SMILES string of the molecule is CC(C)CNC(=O)N1CCCC(C(=O)N2CCC(C)(CN)C2)C1. The van der Waals surface area contributed by atoms with Crippen LogP contribution in [0.15, 0.2) is 0 Å². The molecule has 0 aromatic heterocycles. The number of hydrogen-bond donors (Lipinski definition) is 2. The van der Waals surface area contributed by atoms with Gasteiger partial charge in [-0.2, -0.15) is 0 Å². The Kier molecular flexibility index (Phi) is 5.89. The highest BCUT2D eigenvalue weighted by molar-refractivity contribution is 5.81. The van der Waals surface area contributed by atoms with Gasteiger partial charge in [-0.3, -0.25) is 4.79 Å². The van der Waals surface area contributed by atoms with Crippen LogP contribution in [-0.4, -0.2) is 61.0 Å². The molecule has 2 saturated heterocycles. The molecule has 2 rings (SSSR count). The van der Waals surface area contributed by atoms with Gasteiger partial charge in [0.15, 0.2) is 0 Å². The molecule has 0 radical (unpaired) electrons. The van der Waals surface area contributed by atoms with Crippen molar-refractivity contribution in [3.8, 4) is 0 Å². The van der Waals surface area contributed by atoms with Crippen LogP contribution in [0.1, 0.15) is 40.0 Å². The van der Waals surface area contributed by atoms with E-state index in [0.717, 1.165) is 38.9 Å². The Hall–Kier alpha value is -1.30. The summed E-state index contributed by atoms with van der Waals surface area (Å²) in [4.78, 5) is 28.7. The number of carbonyl (C=O) groups excluding carboxylic acids is 2. The van der Waals surface area contributed by atoms with Gasteiger partial charge in [0.25, 0.3) is 0 Å². The average molecular weight is 324 g/mol. The minimum absolute atomic E-state index is 0.0376. The number of likely N-dealkylation sites (tertiary alicyclic amines) is 2. The van der Waals surface area contributed by atoms with Crippen LogP contribution in [0.4, 0.5) is 4.79 Å². The highest BCUT2D eigenvalue weighted by Gasteiger charge is 2.38. The zero-order valence-electron chi connectivity index (χ0n) is 14.8. The molecule has 6 heteroatoms. The molecular weight excluding hydrogens is 292 g/mol. The maximum Gasteiger partial charge on any atom is 0.317 e. The normalized spacial score (nSPS) is 28.3.